The Morgan fingerprint density at radius 3 is 2.54 bits per heavy atom. The summed E-state index contributed by atoms with van der Waals surface area (Å²) in [5, 5.41) is 6.78. The van der Waals surface area contributed by atoms with Crippen LogP contribution in [0.3, 0.4) is 0 Å². The number of guanidine groups is 1. The molecule has 2 aliphatic rings. The predicted molar refractivity (Wildman–Crippen MR) is 123 cm³/mol. The molecule has 2 aliphatic heterocycles. The minimum atomic E-state index is 0. The van der Waals surface area contributed by atoms with Crippen molar-refractivity contribution in [1.29, 1.82) is 0 Å². The van der Waals surface area contributed by atoms with Gasteiger partial charge in [-0.05, 0) is 38.5 Å². The fourth-order valence-corrected chi connectivity index (χ4v) is 3.76. The third-order valence-electron chi connectivity index (χ3n) is 5.57. The summed E-state index contributed by atoms with van der Waals surface area (Å²) in [6, 6.07) is 0.356. The van der Waals surface area contributed by atoms with Gasteiger partial charge in [0.05, 0.1) is 19.3 Å². The van der Waals surface area contributed by atoms with Crippen molar-refractivity contribution in [3.63, 3.8) is 0 Å². The summed E-state index contributed by atoms with van der Waals surface area (Å²) in [5.74, 6) is 1.31. The minimum Gasteiger partial charge on any atom is -0.377 e. The van der Waals surface area contributed by atoms with Gasteiger partial charge in [-0.3, -0.25) is 9.79 Å². The molecule has 28 heavy (non-hydrogen) atoms. The van der Waals surface area contributed by atoms with Crippen molar-refractivity contribution < 1.29 is 14.3 Å². The van der Waals surface area contributed by atoms with E-state index in [1.165, 1.54) is 0 Å². The molecule has 0 spiro atoms. The number of hydrogen-bond donors (Lipinski definition) is 2. The van der Waals surface area contributed by atoms with Gasteiger partial charge in [-0.15, -0.1) is 24.0 Å². The second kappa shape index (κ2) is 14.4. The summed E-state index contributed by atoms with van der Waals surface area (Å²) >= 11 is 0. The quantitative estimate of drug-likeness (QED) is 0.216. The minimum absolute atomic E-state index is 0. The Bertz CT molecular complexity index is 460. The summed E-state index contributed by atoms with van der Waals surface area (Å²) in [5.41, 5.74) is 0. The van der Waals surface area contributed by atoms with Gasteiger partial charge in [-0.1, -0.05) is 13.8 Å². The predicted octanol–water partition coefficient (Wildman–Crippen LogP) is 2.39. The number of halogens is 1. The Balaban J connectivity index is 0.00000392. The van der Waals surface area contributed by atoms with Gasteiger partial charge in [0.25, 0.3) is 0 Å². The Hall–Kier alpha value is -0.610. The summed E-state index contributed by atoms with van der Waals surface area (Å²) in [6.07, 6.45) is 6.30. The van der Waals surface area contributed by atoms with Crippen LogP contribution in [0.4, 0.5) is 0 Å². The number of hydrogen-bond acceptors (Lipinski definition) is 4. The second-order valence-corrected chi connectivity index (χ2v) is 7.47. The molecule has 1 unspecified atom stereocenters. The van der Waals surface area contributed by atoms with E-state index >= 15 is 0 Å². The molecule has 164 valence electrons. The van der Waals surface area contributed by atoms with Crippen LogP contribution in [-0.2, 0) is 14.3 Å². The molecule has 7 nitrogen and oxygen atoms in total. The largest absolute Gasteiger partial charge is 0.377 e. The van der Waals surface area contributed by atoms with Gasteiger partial charge in [0.1, 0.15) is 0 Å². The van der Waals surface area contributed by atoms with Crippen LogP contribution in [-0.4, -0.2) is 75.4 Å². The van der Waals surface area contributed by atoms with E-state index in [1.807, 2.05) is 4.90 Å². The van der Waals surface area contributed by atoms with Crippen LogP contribution in [0.15, 0.2) is 4.99 Å². The second-order valence-electron chi connectivity index (χ2n) is 7.47. The maximum absolute atomic E-state index is 12.5. The van der Waals surface area contributed by atoms with E-state index in [-0.39, 0.29) is 36.0 Å². The highest BCUT2D eigenvalue weighted by molar-refractivity contribution is 14.0. The van der Waals surface area contributed by atoms with Gasteiger partial charge >= 0.3 is 0 Å². The molecule has 2 rings (SSSR count). The Kier molecular flexibility index (Phi) is 13.1. The average molecular weight is 510 g/mol. The Morgan fingerprint density at radius 2 is 1.96 bits per heavy atom. The summed E-state index contributed by atoms with van der Waals surface area (Å²) < 4.78 is 11.2. The Labute approximate surface area is 187 Å². The lowest BCUT2D eigenvalue weighted by atomic mass is 9.98. The molecule has 1 amide bonds. The highest BCUT2D eigenvalue weighted by atomic mass is 127. The topological polar surface area (TPSA) is 75.2 Å². The van der Waals surface area contributed by atoms with E-state index in [0.717, 1.165) is 70.7 Å². The summed E-state index contributed by atoms with van der Waals surface area (Å²) in [4.78, 5) is 18.8. The van der Waals surface area contributed by atoms with E-state index in [9.17, 15) is 4.79 Å². The number of piperidine rings is 1. The Morgan fingerprint density at radius 1 is 1.25 bits per heavy atom. The molecule has 0 aromatic carbocycles. The molecule has 0 radical (unpaired) electrons. The molecule has 2 heterocycles. The van der Waals surface area contributed by atoms with Crippen LogP contribution in [0.2, 0.25) is 0 Å². The smallest absolute Gasteiger partial charge is 0.225 e. The van der Waals surface area contributed by atoms with E-state index in [1.54, 1.807) is 7.05 Å². The molecule has 0 saturated carbocycles. The van der Waals surface area contributed by atoms with Gasteiger partial charge in [-0.2, -0.15) is 0 Å². The molecular weight excluding hydrogens is 471 g/mol. The fourth-order valence-electron chi connectivity index (χ4n) is 3.76. The molecule has 1 atom stereocenters. The number of aliphatic imine (C=N–C) groups is 1. The van der Waals surface area contributed by atoms with Crippen LogP contribution >= 0.6 is 24.0 Å². The van der Waals surface area contributed by atoms with E-state index in [2.05, 4.69) is 29.5 Å². The van der Waals surface area contributed by atoms with Crippen molar-refractivity contribution in [3.05, 3.63) is 0 Å². The number of likely N-dealkylation sites (tertiary alicyclic amines) is 1. The number of rotatable bonds is 9. The lowest BCUT2D eigenvalue weighted by Crippen LogP contribution is -2.51. The monoisotopic (exact) mass is 510 g/mol. The van der Waals surface area contributed by atoms with Crippen LogP contribution in [0.25, 0.3) is 0 Å². The van der Waals surface area contributed by atoms with E-state index < -0.39 is 0 Å². The molecule has 2 N–H and O–H groups in total. The standard InChI is InChI=1S/C20H38N4O3.HI/c1-4-16(5-2)19(25)24-11-8-17(9-12-24)23-20(21-3)22-10-14-26-15-18-7-6-13-27-18;/h16-18H,4-15H2,1-3H3,(H2,21,22,23);1H. The SMILES string of the molecule is CCC(CC)C(=O)N1CCC(NC(=NC)NCCOCC2CCCO2)CC1.I. The van der Waals surface area contributed by atoms with Crippen molar-refractivity contribution in [2.24, 2.45) is 10.9 Å². The van der Waals surface area contributed by atoms with Gasteiger partial charge in [0, 0.05) is 45.2 Å². The highest BCUT2D eigenvalue weighted by Crippen LogP contribution is 2.17. The van der Waals surface area contributed by atoms with Crippen molar-refractivity contribution >= 4 is 35.8 Å². The number of carbonyl (C=O) groups is 1. The van der Waals surface area contributed by atoms with Crippen molar-refractivity contribution in [2.45, 2.75) is 64.5 Å². The first kappa shape index (κ1) is 25.4. The lowest BCUT2D eigenvalue weighted by Gasteiger charge is -2.34. The van der Waals surface area contributed by atoms with Crippen LogP contribution in [0.1, 0.15) is 52.4 Å². The maximum Gasteiger partial charge on any atom is 0.225 e. The molecule has 2 fully saturated rings. The first-order valence-electron chi connectivity index (χ1n) is 10.6. The third-order valence-corrected chi connectivity index (χ3v) is 5.57. The van der Waals surface area contributed by atoms with Crippen molar-refractivity contribution in [1.82, 2.24) is 15.5 Å². The number of ether oxygens (including phenoxy) is 2. The fraction of sp³-hybridized carbons (Fsp3) is 0.900. The van der Waals surface area contributed by atoms with Crippen molar-refractivity contribution in [2.75, 3.05) is 46.5 Å². The molecule has 0 aromatic heterocycles. The third kappa shape index (κ3) is 8.41. The molecule has 8 heteroatoms. The number of amides is 1. The van der Waals surface area contributed by atoms with Gasteiger partial charge in [-0.25, -0.2) is 0 Å². The normalized spacial score (nSPS) is 20.9. The summed E-state index contributed by atoms with van der Waals surface area (Å²) in [7, 11) is 1.79. The number of carbonyl (C=O) groups excluding carboxylic acids is 1. The highest BCUT2D eigenvalue weighted by Gasteiger charge is 2.26. The van der Waals surface area contributed by atoms with E-state index in [0.29, 0.717) is 25.2 Å². The van der Waals surface area contributed by atoms with Crippen LogP contribution in [0, 0.1) is 5.92 Å². The molecule has 0 aromatic rings. The van der Waals surface area contributed by atoms with Crippen LogP contribution in [0.5, 0.6) is 0 Å². The van der Waals surface area contributed by atoms with Crippen LogP contribution < -0.4 is 10.6 Å². The maximum atomic E-state index is 12.5. The molecule has 0 bridgehead atoms. The summed E-state index contributed by atoms with van der Waals surface area (Å²) in [6.45, 7) is 8.76. The zero-order valence-electron chi connectivity index (χ0n) is 17.7. The lowest BCUT2D eigenvalue weighted by molar-refractivity contribution is -0.136. The molecular formula is C20H39IN4O3. The van der Waals surface area contributed by atoms with Gasteiger partial charge in [0.15, 0.2) is 5.96 Å². The first-order chi connectivity index (χ1) is 13.2. The zero-order valence-corrected chi connectivity index (χ0v) is 20.1. The van der Waals surface area contributed by atoms with Crippen molar-refractivity contribution in [3.8, 4) is 0 Å². The molecule has 0 aliphatic carbocycles. The van der Waals surface area contributed by atoms with Gasteiger partial charge in [0.2, 0.25) is 5.91 Å². The first-order valence-corrected chi connectivity index (χ1v) is 10.6. The number of nitrogens with zero attached hydrogens (tertiary/aromatic N) is 2. The van der Waals surface area contributed by atoms with Gasteiger partial charge < -0.3 is 25.0 Å². The number of nitrogens with one attached hydrogen (secondary N) is 2. The average Bonchev–Trinajstić information content (AvgIpc) is 3.21. The molecule has 2 saturated heterocycles. The zero-order chi connectivity index (χ0) is 19.5. The van der Waals surface area contributed by atoms with E-state index in [4.69, 9.17) is 9.47 Å².